The molecular formula is C24H26N4O2. The summed E-state index contributed by atoms with van der Waals surface area (Å²) >= 11 is 0. The molecule has 1 atom stereocenters. The number of methoxy groups -OCH3 is 1. The van der Waals surface area contributed by atoms with Gasteiger partial charge in [0.05, 0.1) is 24.6 Å². The number of benzene rings is 1. The second-order valence-corrected chi connectivity index (χ2v) is 7.51. The van der Waals surface area contributed by atoms with Gasteiger partial charge in [-0.3, -0.25) is 4.98 Å². The quantitative estimate of drug-likeness (QED) is 0.610. The molecule has 0 amide bonds. The Bertz CT molecular complexity index is 1020. The molecule has 30 heavy (non-hydrogen) atoms. The standard InChI is InChI=1S/C24H26N4O2/c1-28(23-8-3-4-12-26-23)19-9-10-20-17(14-19)6-5-7-18(20)15-27-22-16-25-13-11-21(22)24(29)30-2/h3-4,8-14,16,18,27H,5-7,15H2,1-2H3/t18-/m0/s1. The number of aromatic nitrogens is 2. The molecule has 4 rings (SSSR count). The van der Waals surface area contributed by atoms with Gasteiger partial charge in [0.15, 0.2) is 0 Å². The van der Waals surface area contributed by atoms with Gasteiger partial charge in [-0.15, -0.1) is 0 Å². The fourth-order valence-electron chi connectivity index (χ4n) is 4.06. The predicted octanol–water partition coefficient (Wildman–Crippen LogP) is 4.56. The van der Waals surface area contributed by atoms with Crippen LogP contribution in [0.5, 0.6) is 0 Å². The van der Waals surface area contributed by atoms with E-state index < -0.39 is 0 Å². The van der Waals surface area contributed by atoms with Crippen LogP contribution in [0.2, 0.25) is 0 Å². The summed E-state index contributed by atoms with van der Waals surface area (Å²) < 4.78 is 4.88. The third-order valence-electron chi connectivity index (χ3n) is 5.71. The molecule has 2 aromatic heterocycles. The predicted molar refractivity (Wildman–Crippen MR) is 118 cm³/mol. The highest BCUT2D eigenvalue weighted by molar-refractivity contribution is 5.95. The van der Waals surface area contributed by atoms with Crippen molar-refractivity contribution in [3.05, 3.63) is 77.7 Å². The van der Waals surface area contributed by atoms with Crippen LogP contribution in [0, 0.1) is 0 Å². The maximum absolute atomic E-state index is 12.0. The molecule has 1 aliphatic carbocycles. The molecule has 1 N–H and O–H groups in total. The highest BCUT2D eigenvalue weighted by atomic mass is 16.5. The van der Waals surface area contributed by atoms with Crippen molar-refractivity contribution in [1.29, 1.82) is 0 Å². The van der Waals surface area contributed by atoms with Crippen molar-refractivity contribution in [2.75, 3.05) is 30.9 Å². The Labute approximate surface area is 176 Å². The number of carbonyl (C=O) groups excluding carboxylic acids is 1. The Hall–Kier alpha value is -3.41. The van der Waals surface area contributed by atoms with Crippen LogP contribution in [0.15, 0.2) is 61.1 Å². The van der Waals surface area contributed by atoms with Crippen LogP contribution < -0.4 is 10.2 Å². The number of pyridine rings is 2. The zero-order valence-corrected chi connectivity index (χ0v) is 17.3. The number of esters is 1. The van der Waals surface area contributed by atoms with Crippen LogP contribution in [0.1, 0.15) is 40.2 Å². The Balaban J connectivity index is 1.52. The molecule has 0 aliphatic heterocycles. The minimum absolute atomic E-state index is 0.355. The second-order valence-electron chi connectivity index (χ2n) is 7.51. The molecule has 1 aliphatic rings. The molecule has 0 unspecified atom stereocenters. The normalized spacial score (nSPS) is 15.2. The van der Waals surface area contributed by atoms with E-state index in [2.05, 4.69) is 38.4 Å². The Morgan fingerprint density at radius 3 is 2.93 bits per heavy atom. The summed E-state index contributed by atoms with van der Waals surface area (Å²) in [6.45, 7) is 0.748. The number of anilines is 3. The number of nitrogens with one attached hydrogen (secondary N) is 1. The molecule has 0 fully saturated rings. The monoisotopic (exact) mass is 402 g/mol. The van der Waals surface area contributed by atoms with E-state index >= 15 is 0 Å². The zero-order valence-electron chi connectivity index (χ0n) is 17.3. The molecule has 0 spiro atoms. The highest BCUT2D eigenvalue weighted by Crippen LogP contribution is 2.35. The van der Waals surface area contributed by atoms with Crippen molar-refractivity contribution in [3.8, 4) is 0 Å². The Kier molecular flexibility index (Phi) is 5.93. The summed E-state index contributed by atoms with van der Waals surface area (Å²) in [7, 11) is 3.44. The van der Waals surface area contributed by atoms with Crippen molar-refractivity contribution in [3.63, 3.8) is 0 Å². The molecule has 6 nitrogen and oxygen atoms in total. The molecule has 1 aromatic carbocycles. The van der Waals surface area contributed by atoms with E-state index in [-0.39, 0.29) is 5.97 Å². The summed E-state index contributed by atoms with van der Waals surface area (Å²) in [6, 6.07) is 14.3. The summed E-state index contributed by atoms with van der Waals surface area (Å²) in [4.78, 5) is 22.7. The van der Waals surface area contributed by atoms with E-state index in [1.807, 2.05) is 31.4 Å². The minimum Gasteiger partial charge on any atom is -0.465 e. The second kappa shape index (κ2) is 8.95. The van der Waals surface area contributed by atoms with E-state index in [4.69, 9.17) is 4.74 Å². The maximum Gasteiger partial charge on any atom is 0.340 e. The SMILES string of the molecule is COC(=O)c1ccncc1NC[C@@H]1CCCc2cc(N(C)c3ccccn3)ccc21. The lowest BCUT2D eigenvalue weighted by molar-refractivity contribution is 0.0601. The number of ether oxygens (including phenoxy) is 1. The van der Waals surface area contributed by atoms with Crippen molar-refractivity contribution in [1.82, 2.24) is 9.97 Å². The van der Waals surface area contributed by atoms with Gasteiger partial charge in [0.25, 0.3) is 0 Å². The third-order valence-corrected chi connectivity index (χ3v) is 5.71. The third kappa shape index (κ3) is 4.13. The fourth-order valence-corrected chi connectivity index (χ4v) is 4.06. The Morgan fingerprint density at radius 1 is 1.23 bits per heavy atom. The largest absolute Gasteiger partial charge is 0.465 e. The lowest BCUT2D eigenvalue weighted by atomic mass is 9.82. The first kappa shape index (κ1) is 19.9. The van der Waals surface area contributed by atoms with Gasteiger partial charge in [-0.05, 0) is 60.7 Å². The molecule has 3 aromatic rings. The Morgan fingerprint density at radius 2 is 2.13 bits per heavy atom. The van der Waals surface area contributed by atoms with Gasteiger partial charge in [0.2, 0.25) is 0 Å². The van der Waals surface area contributed by atoms with Crippen molar-refractivity contribution < 1.29 is 9.53 Å². The number of aryl methyl sites for hydroxylation is 1. The van der Waals surface area contributed by atoms with E-state index in [1.54, 1.807) is 18.5 Å². The first-order chi connectivity index (χ1) is 14.7. The first-order valence-corrected chi connectivity index (χ1v) is 10.2. The van der Waals surface area contributed by atoms with E-state index in [0.717, 1.165) is 37.3 Å². The average molecular weight is 402 g/mol. The van der Waals surface area contributed by atoms with Crippen molar-refractivity contribution in [2.24, 2.45) is 0 Å². The number of fused-ring (bicyclic) bond motifs is 1. The molecular weight excluding hydrogens is 376 g/mol. The van der Waals surface area contributed by atoms with Gasteiger partial charge in [0, 0.05) is 37.6 Å². The summed E-state index contributed by atoms with van der Waals surface area (Å²) in [6.07, 6.45) is 8.44. The van der Waals surface area contributed by atoms with Crippen LogP contribution in [-0.2, 0) is 11.2 Å². The van der Waals surface area contributed by atoms with Crippen LogP contribution in [-0.4, -0.2) is 36.6 Å². The summed E-state index contributed by atoms with van der Waals surface area (Å²) in [5, 5.41) is 3.42. The van der Waals surface area contributed by atoms with Crippen LogP contribution in [0.4, 0.5) is 17.2 Å². The van der Waals surface area contributed by atoms with Gasteiger partial charge in [-0.25, -0.2) is 9.78 Å². The van der Waals surface area contributed by atoms with Gasteiger partial charge >= 0.3 is 5.97 Å². The van der Waals surface area contributed by atoms with Gasteiger partial charge < -0.3 is 15.0 Å². The van der Waals surface area contributed by atoms with Gasteiger partial charge in [0.1, 0.15) is 5.82 Å². The lowest BCUT2D eigenvalue weighted by Crippen LogP contribution is -2.20. The molecule has 0 bridgehead atoms. The zero-order chi connectivity index (χ0) is 20.9. The van der Waals surface area contributed by atoms with Crippen LogP contribution >= 0.6 is 0 Å². The first-order valence-electron chi connectivity index (χ1n) is 10.2. The molecule has 0 saturated heterocycles. The number of hydrogen-bond donors (Lipinski definition) is 1. The number of hydrogen-bond acceptors (Lipinski definition) is 6. The van der Waals surface area contributed by atoms with Crippen molar-refractivity contribution in [2.45, 2.75) is 25.2 Å². The van der Waals surface area contributed by atoms with Crippen molar-refractivity contribution >= 4 is 23.2 Å². The number of nitrogens with zero attached hydrogens (tertiary/aromatic N) is 3. The van der Waals surface area contributed by atoms with E-state index in [9.17, 15) is 4.79 Å². The number of rotatable bonds is 6. The van der Waals surface area contributed by atoms with E-state index in [0.29, 0.717) is 17.2 Å². The van der Waals surface area contributed by atoms with E-state index in [1.165, 1.54) is 18.2 Å². The summed E-state index contributed by atoms with van der Waals surface area (Å²) in [5.74, 6) is 0.957. The van der Waals surface area contributed by atoms with Crippen LogP contribution in [0.3, 0.4) is 0 Å². The molecule has 6 heteroatoms. The fraction of sp³-hybridized carbons (Fsp3) is 0.292. The van der Waals surface area contributed by atoms with Crippen LogP contribution in [0.25, 0.3) is 0 Å². The molecule has 0 radical (unpaired) electrons. The molecule has 154 valence electrons. The summed E-state index contributed by atoms with van der Waals surface area (Å²) in [5.41, 5.74) is 5.11. The maximum atomic E-state index is 12.0. The molecule has 2 heterocycles. The van der Waals surface area contributed by atoms with Gasteiger partial charge in [-0.1, -0.05) is 12.1 Å². The topological polar surface area (TPSA) is 67.3 Å². The lowest BCUT2D eigenvalue weighted by Gasteiger charge is -2.28. The molecule has 0 saturated carbocycles. The highest BCUT2D eigenvalue weighted by Gasteiger charge is 2.22. The number of carbonyl (C=O) groups is 1. The van der Waals surface area contributed by atoms with Gasteiger partial charge in [-0.2, -0.15) is 0 Å². The average Bonchev–Trinajstić information content (AvgIpc) is 2.82. The minimum atomic E-state index is -0.355. The smallest absolute Gasteiger partial charge is 0.340 e.